The van der Waals surface area contributed by atoms with Crippen LogP contribution in [0.2, 0.25) is 0 Å². The molecular formula is C29H35N8O11PS. The number of nitrogens with zero attached hydrogens (tertiary/aromatic N) is 5. The van der Waals surface area contributed by atoms with Gasteiger partial charge in [-0.2, -0.15) is 0 Å². The molecule has 0 bridgehead atoms. The van der Waals surface area contributed by atoms with Gasteiger partial charge in [-0.1, -0.05) is 12.1 Å². The summed E-state index contributed by atoms with van der Waals surface area (Å²) in [5.74, 6) is 0.0722. The highest BCUT2D eigenvalue weighted by molar-refractivity contribution is 8.54. The molecule has 268 valence electrons. The fraction of sp³-hybridized carbons (Fsp3) is 0.448. The molecule has 21 heteroatoms. The quantitative estimate of drug-likeness (QED) is 0.120. The molecule has 0 spiro atoms. The van der Waals surface area contributed by atoms with E-state index in [0.29, 0.717) is 22.4 Å². The number of anilines is 2. The summed E-state index contributed by atoms with van der Waals surface area (Å²) in [5, 5.41) is 23.8. The number of aromatic amines is 1. The number of carbonyl (C=O) groups is 1. The maximum atomic E-state index is 14.6. The van der Waals surface area contributed by atoms with Crippen molar-refractivity contribution >= 4 is 46.8 Å². The smallest absolute Gasteiger partial charge is 0.389 e. The number of hydrogen-bond acceptors (Lipinski definition) is 16. The zero-order valence-corrected chi connectivity index (χ0v) is 28.4. The van der Waals surface area contributed by atoms with Crippen LogP contribution in [0.1, 0.15) is 31.4 Å². The summed E-state index contributed by atoms with van der Waals surface area (Å²) in [6.45, 7) is -3.81. The predicted octanol–water partition coefficient (Wildman–Crippen LogP) is 0.913. The minimum Gasteiger partial charge on any atom is -0.394 e. The molecule has 2 fully saturated rings. The second-order valence-corrected chi connectivity index (χ2v) is 15.5. The van der Waals surface area contributed by atoms with Gasteiger partial charge in [0.25, 0.3) is 5.56 Å². The van der Waals surface area contributed by atoms with Gasteiger partial charge in [-0.25, -0.2) is 24.3 Å². The lowest BCUT2D eigenvalue weighted by atomic mass is 10.1. The van der Waals surface area contributed by atoms with E-state index in [-0.39, 0.29) is 30.5 Å². The molecule has 2 unspecified atom stereocenters. The number of rotatable bonds is 13. The van der Waals surface area contributed by atoms with Crippen LogP contribution in [-0.4, -0.2) is 96.0 Å². The normalized spacial score (nSPS) is 26.3. The van der Waals surface area contributed by atoms with Gasteiger partial charge in [0.05, 0.1) is 25.6 Å². The number of nitrogens with one attached hydrogen (secondary N) is 2. The molecule has 1 amide bonds. The first kappa shape index (κ1) is 35.8. The van der Waals surface area contributed by atoms with E-state index in [9.17, 15) is 29.2 Å². The molecule has 2 aliphatic rings. The number of aromatic nitrogens is 6. The van der Waals surface area contributed by atoms with Crippen molar-refractivity contribution in [2.45, 2.75) is 62.1 Å². The molecule has 3 aromatic heterocycles. The lowest BCUT2D eigenvalue weighted by Gasteiger charge is -2.28. The lowest BCUT2D eigenvalue weighted by molar-refractivity contribution is -0.114. The zero-order chi connectivity index (χ0) is 35.6. The van der Waals surface area contributed by atoms with Crippen molar-refractivity contribution in [3.8, 4) is 0 Å². The molecule has 0 aliphatic carbocycles. The van der Waals surface area contributed by atoms with Crippen LogP contribution >= 0.6 is 18.2 Å². The van der Waals surface area contributed by atoms with Crippen molar-refractivity contribution in [2.75, 3.05) is 31.4 Å². The number of H-pyrrole nitrogens is 1. The average Bonchev–Trinajstić information content (AvgIpc) is 3.78. The number of aliphatic hydroxyl groups excluding tert-OH is 2. The molecule has 1 aromatic carbocycles. The molecule has 0 saturated carbocycles. The van der Waals surface area contributed by atoms with E-state index < -0.39 is 67.6 Å². The Morgan fingerprint density at radius 2 is 1.92 bits per heavy atom. The Balaban J connectivity index is 1.22. The van der Waals surface area contributed by atoms with E-state index in [2.05, 4.69) is 25.3 Å². The van der Waals surface area contributed by atoms with Gasteiger partial charge in [-0.15, -0.1) is 0 Å². The van der Waals surface area contributed by atoms with Crippen molar-refractivity contribution in [2.24, 2.45) is 0 Å². The van der Waals surface area contributed by atoms with Crippen LogP contribution in [0, 0.1) is 0 Å². The van der Waals surface area contributed by atoms with Gasteiger partial charge < -0.3 is 35.5 Å². The number of methoxy groups -OCH3 is 1. The number of hydrogen-bond donors (Lipinski definition) is 5. The standard InChI is InChI=1S/C29H35N8O11PS/c1-15(39)34-17-5-3-16(4-6-17)12-50-49(43,48-24-19(10-38)47-28(25(24)44-2)36-8-7-21(41)35-29(36)42)45-11-20-18(40)9-22(46-20)37-14-33-23-26(30)31-13-32-27(23)37/h3-8,13-14,18-20,22,24-25,28,38,40H,9-12H2,1-2H3,(H,34,39)(H2,30,31,32)(H,35,41,42)/t18-,19-,20-,22-,24?,25+,28-,49?/m1/s1. The van der Waals surface area contributed by atoms with Gasteiger partial charge in [-0.05, 0) is 29.1 Å². The number of carbonyl (C=O) groups excluding carboxylic acids is 1. The molecule has 50 heavy (non-hydrogen) atoms. The Morgan fingerprint density at radius 3 is 2.62 bits per heavy atom. The summed E-state index contributed by atoms with van der Waals surface area (Å²) in [7, 11) is 1.32. The van der Waals surface area contributed by atoms with Crippen molar-refractivity contribution in [3.05, 3.63) is 75.6 Å². The number of nitrogen functional groups attached to an aromatic ring is 1. The Labute approximate surface area is 287 Å². The number of amides is 1. The van der Waals surface area contributed by atoms with Crippen molar-refractivity contribution < 1.29 is 42.8 Å². The summed E-state index contributed by atoms with van der Waals surface area (Å²) < 4.78 is 47.0. The van der Waals surface area contributed by atoms with Gasteiger partial charge in [0, 0.05) is 44.2 Å². The lowest BCUT2D eigenvalue weighted by Crippen LogP contribution is -2.39. The third-order valence-electron chi connectivity index (χ3n) is 8.08. The van der Waals surface area contributed by atoms with Crippen LogP contribution < -0.4 is 22.3 Å². The Hall–Kier alpha value is -3.98. The number of benzene rings is 1. The van der Waals surface area contributed by atoms with Crippen LogP contribution in [-0.2, 0) is 38.4 Å². The highest BCUT2D eigenvalue weighted by Crippen LogP contribution is 2.64. The number of fused-ring (bicyclic) bond motifs is 1. The summed E-state index contributed by atoms with van der Waals surface area (Å²) in [6, 6.07) is 7.95. The molecule has 2 saturated heterocycles. The average molecular weight is 735 g/mol. The first-order valence-electron chi connectivity index (χ1n) is 15.3. The van der Waals surface area contributed by atoms with Crippen LogP contribution in [0.4, 0.5) is 11.5 Å². The maximum absolute atomic E-state index is 14.6. The number of nitrogens with two attached hydrogens (primary N) is 1. The van der Waals surface area contributed by atoms with E-state index >= 15 is 0 Å². The summed E-state index contributed by atoms with van der Waals surface area (Å²) in [6.07, 6.45) is -3.20. The monoisotopic (exact) mass is 734 g/mol. The van der Waals surface area contributed by atoms with Gasteiger partial charge in [0.1, 0.15) is 42.5 Å². The molecule has 2 aliphatic heterocycles. The molecular weight excluding hydrogens is 699 g/mol. The van der Waals surface area contributed by atoms with E-state index in [0.717, 1.165) is 22.0 Å². The van der Waals surface area contributed by atoms with E-state index in [4.69, 9.17) is 29.0 Å². The largest absolute Gasteiger partial charge is 0.394 e. The minimum absolute atomic E-state index is 0.119. The number of ether oxygens (including phenoxy) is 3. The summed E-state index contributed by atoms with van der Waals surface area (Å²) in [5.41, 5.74) is 6.56. The van der Waals surface area contributed by atoms with Gasteiger partial charge in [0.15, 0.2) is 17.7 Å². The van der Waals surface area contributed by atoms with Gasteiger partial charge in [-0.3, -0.25) is 32.8 Å². The van der Waals surface area contributed by atoms with E-state index in [1.807, 2.05) is 0 Å². The van der Waals surface area contributed by atoms with Crippen molar-refractivity contribution in [1.29, 1.82) is 0 Å². The maximum Gasteiger partial charge on any atom is 0.389 e. The van der Waals surface area contributed by atoms with Crippen LogP contribution in [0.5, 0.6) is 0 Å². The Kier molecular flexibility index (Phi) is 10.8. The van der Waals surface area contributed by atoms with Gasteiger partial charge >= 0.3 is 12.5 Å². The Morgan fingerprint density at radius 1 is 1.14 bits per heavy atom. The van der Waals surface area contributed by atoms with Crippen LogP contribution in [0.3, 0.4) is 0 Å². The molecule has 4 aromatic rings. The Bertz CT molecular complexity index is 1990. The highest BCUT2D eigenvalue weighted by atomic mass is 32.7. The van der Waals surface area contributed by atoms with E-state index in [1.54, 1.807) is 28.8 Å². The zero-order valence-electron chi connectivity index (χ0n) is 26.7. The molecule has 6 N–H and O–H groups in total. The molecule has 0 radical (unpaired) electrons. The first-order valence-corrected chi connectivity index (χ1v) is 18.4. The SMILES string of the molecule is CO[C@H]1C(OP(=O)(OC[C@H]2O[C@@H](n3cnc4c(N)ncnc43)C[C@H]2O)SCc2ccc(NC(C)=O)cc2)[C@@H](CO)O[C@H]1n1ccc(=O)[nH]c1=O. The molecule has 5 heterocycles. The van der Waals surface area contributed by atoms with Crippen molar-refractivity contribution in [3.63, 3.8) is 0 Å². The second kappa shape index (κ2) is 15.1. The fourth-order valence-electron chi connectivity index (χ4n) is 5.65. The third kappa shape index (κ3) is 7.68. The van der Waals surface area contributed by atoms with Crippen LogP contribution in [0.25, 0.3) is 11.2 Å². The summed E-state index contributed by atoms with van der Waals surface area (Å²) >= 11 is 0.829. The fourth-order valence-corrected chi connectivity index (χ4v) is 9.04. The summed E-state index contributed by atoms with van der Waals surface area (Å²) in [4.78, 5) is 50.3. The molecule has 19 nitrogen and oxygen atoms in total. The molecule has 6 rings (SSSR count). The van der Waals surface area contributed by atoms with E-state index in [1.165, 1.54) is 32.9 Å². The third-order valence-corrected chi connectivity index (χ3v) is 11.7. The first-order chi connectivity index (χ1) is 24.0. The number of aliphatic hydroxyl groups is 2. The minimum atomic E-state index is -4.23. The molecule has 8 atom stereocenters. The highest BCUT2D eigenvalue weighted by Gasteiger charge is 2.51. The predicted molar refractivity (Wildman–Crippen MR) is 178 cm³/mol. The van der Waals surface area contributed by atoms with Crippen LogP contribution in [0.15, 0.2) is 58.8 Å². The second-order valence-electron chi connectivity index (χ2n) is 11.4. The topological polar surface area (TPSA) is 257 Å². The van der Waals surface area contributed by atoms with Crippen molar-refractivity contribution in [1.82, 2.24) is 29.1 Å². The van der Waals surface area contributed by atoms with Gasteiger partial charge in [0.2, 0.25) is 5.91 Å². The number of imidazole rings is 1.